The van der Waals surface area contributed by atoms with Gasteiger partial charge < -0.3 is 10.2 Å². The van der Waals surface area contributed by atoms with Crippen LogP contribution in [0.5, 0.6) is 0 Å². The van der Waals surface area contributed by atoms with E-state index in [-0.39, 0.29) is 35.9 Å². The van der Waals surface area contributed by atoms with E-state index in [0.29, 0.717) is 24.6 Å². The van der Waals surface area contributed by atoms with Gasteiger partial charge in [-0.15, -0.1) is 0 Å². The lowest BCUT2D eigenvalue weighted by Crippen LogP contribution is -2.54. The molecule has 3 aliphatic heterocycles. The van der Waals surface area contributed by atoms with E-state index in [0.717, 1.165) is 36.4 Å². The van der Waals surface area contributed by atoms with Crippen molar-refractivity contribution < 1.29 is 24.0 Å². The number of piperidine rings is 2. The quantitative estimate of drug-likeness (QED) is 0.510. The van der Waals surface area contributed by atoms with Crippen molar-refractivity contribution in [1.82, 2.24) is 24.9 Å². The Balaban J connectivity index is 1.06. The molecule has 2 aromatic rings. The molecule has 1 aliphatic carbocycles. The molecule has 0 radical (unpaired) electrons. The second-order valence-electron chi connectivity index (χ2n) is 11.3. The Kier molecular flexibility index (Phi) is 7.12. The van der Waals surface area contributed by atoms with Gasteiger partial charge in [0.2, 0.25) is 17.7 Å². The highest BCUT2D eigenvalue weighted by Crippen LogP contribution is 2.33. The molecule has 1 atom stereocenters. The molecule has 1 aromatic carbocycles. The Morgan fingerprint density at radius 1 is 1.00 bits per heavy atom. The molecule has 2 saturated heterocycles. The Bertz CT molecular complexity index is 1350. The number of likely N-dealkylation sites (tertiary alicyclic amines) is 1. The van der Waals surface area contributed by atoms with E-state index in [9.17, 15) is 24.0 Å². The molecule has 1 saturated carbocycles. The van der Waals surface area contributed by atoms with E-state index in [1.54, 1.807) is 24.4 Å². The van der Waals surface area contributed by atoms with Gasteiger partial charge in [-0.1, -0.05) is 18.9 Å². The SMILES string of the molecule is O=C1CCC(N2C(=O)c3cccc(NCc4cnn(C5CCN(C(=O)CC6CCCC6)CC5)c4)c3C2=O)C(=O)N1. The zero-order valence-corrected chi connectivity index (χ0v) is 22.4. The van der Waals surface area contributed by atoms with Crippen LogP contribution in [0, 0.1) is 5.92 Å². The van der Waals surface area contributed by atoms with Crippen LogP contribution in [0.15, 0.2) is 30.6 Å². The average Bonchev–Trinajstić information content (AvgIpc) is 3.70. The van der Waals surface area contributed by atoms with E-state index in [1.807, 2.05) is 15.8 Å². The van der Waals surface area contributed by atoms with Crippen LogP contribution in [0.2, 0.25) is 0 Å². The first-order chi connectivity index (χ1) is 19.4. The fourth-order valence-corrected chi connectivity index (χ4v) is 6.50. The molecule has 0 spiro atoms. The number of carbonyl (C=O) groups is 5. The molecule has 1 aromatic heterocycles. The van der Waals surface area contributed by atoms with Crippen LogP contribution < -0.4 is 10.6 Å². The van der Waals surface area contributed by atoms with E-state index in [4.69, 9.17) is 0 Å². The van der Waals surface area contributed by atoms with Gasteiger partial charge in [0.05, 0.1) is 23.4 Å². The monoisotopic (exact) mass is 546 g/mol. The zero-order chi connectivity index (χ0) is 27.8. The summed E-state index contributed by atoms with van der Waals surface area (Å²) in [4.78, 5) is 65.9. The van der Waals surface area contributed by atoms with Gasteiger partial charge in [-0.3, -0.25) is 38.9 Å². The lowest BCUT2D eigenvalue weighted by molar-refractivity contribution is -0.136. The summed E-state index contributed by atoms with van der Waals surface area (Å²) >= 11 is 0. The smallest absolute Gasteiger partial charge is 0.264 e. The summed E-state index contributed by atoms with van der Waals surface area (Å²) in [6.45, 7) is 1.90. The first-order valence-corrected chi connectivity index (χ1v) is 14.3. The van der Waals surface area contributed by atoms with Crippen molar-refractivity contribution in [3.63, 3.8) is 0 Å². The van der Waals surface area contributed by atoms with Crippen LogP contribution >= 0.6 is 0 Å². The average molecular weight is 547 g/mol. The molecule has 2 N–H and O–H groups in total. The second kappa shape index (κ2) is 10.9. The standard InChI is InChI=1S/C29H34N6O5/c36-24-9-8-23(27(38)32-24)35-28(39)21-6-3-7-22(26(21)29(35)40)30-15-19-16-31-34(17-19)20-10-12-33(13-11-20)25(37)14-18-4-1-2-5-18/h3,6-7,16-18,20,23,30H,1-2,4-5,8-15H2,(H,32,36,38). The van der Waals surface area contributed by atoms with Gasteiger partial charge in [-0.2, -0.15) is 5.10 Å². The van der Waals surface area contributed by atoms with E-state index >= 15 is 0 Å². The summed E-state index contributed by atoms with van der Waals surface area (Å²) in [6, 6.07) is 4.24. The highest BCUT2D eigenvalue weighted by atomic mass is 16.2. The van der Waals surface area contributed by atoms with E-state index < -0.39 is 29.7 Å². The third-order valence-electron chi connectivity index (χ3n) is 8.74. The van der Waals surface area contributed by atoms with Crippen molar-refractivity contribution in [2.24, 2.45) is 5.92 Å². The summed E-state index contributed by atoms with van der Waals surface area (Å²) in [5, 5.41) is 10.0. The molecule has 1 unspecified atom stereocenters. The van der Waals surface area contributed by atoms with Crippen LogP contribution in [0.1, 0.15) is 90.1 Å². The number of fused-ring (bicyclic) bond motifs is 1. The maximum Gasteiger partial charge on any atom is 0.264 e. The Labute approximate surface area is 232 Å². The Morgan fingerprint density at radius 3 is 2.52 bits per heavy atom. The number of carbonyl (C=O) groups excluding carboxylic acids is 5. The molecular formula is C29H34N6O5. The van der Waals surface area contributed by atoms with Crippen molar-refractivity contribution in [3.05, 3.63) is 47.3 Å². The largest absolute Gasteiger partial charge is 0.380 e. The van der Waals surface area contributed by atoms with Crippen LogP contribution in [0.25, 0.3) is 0 Å². The number of aromatic nitrogens is 2. The Morgan fingerprint density at radius 2 is 1.77 bits per heavy atom. The summed E-state index contributed by atoms with van der Waals surface area (Å²) in [5.74, 6) is -1.25. The molecular weight excluding hydrogens is 512 g/mol. The zero-order valence-electron chi connectivity index (χ0n) is 22.4. The third kappa shape index (κ3) is 5.00. The van der Waals surface area contributed by atoms with Gasteiger partial charge in [0, 0.05) is 49.9 Å². The maximum absolute atomic E-state index is 13.3. The predicted molar refractivity (Wildman–Crippen MR) is 144 cm³/mol. The van der Waals surface area contributed by atoms with Crippen molar-refractivity contribution >= 4 is 35.2 Å². The first-order valence-electron chi connectivity index (χ1n) is 14.3. The summed E-state index contributed by atoms with van der Waals surface area (Å²) in [5.41, 5.74) is 1.91. The van der Waals surface area contributed by atoms with Crippen LogP contribution in [0.4, 0.5) is 5.69 Å². The number of anilines is 1. The van der Waals surface area contributed by atoms with Crippen LogP contribution in [-0.4, -0.2) is 68.2 Å². The maximum atomic E-state index is 13.3. The van der Waals surface area contributed by atoms with E-state index in [1.165, 1.54) is 25.7 Å². The van der Waals surface area contributed by atoms with E-state index in [2.05, 4.69) is 15.7 Å². The fourth-order valence-electron chi connectivity index (χ4n) is 6.50. The molecule has 11 heteroatoms. The number of benzene rings is 1. The van der Waals surface area contributed by atoms with Crippen molar-refractivity contribution in [2.75, 3.05) is 18.4 Å². The number of hydrogen-bond donors (Lipinski definition) is 2. The lowest BCUT2D eigenvalue weighted by atomic mass is 10.0. The number of rotatable bonds is 7. The summed E-state index contributed by atoms with van der Waals surface area (Å²) in [6.07, 6.45) is 11.2. The molecule has 4 aliphatic rings. The number of amides is 5. The van der Waals surface area contributed by atoms with Crippen LogP contribution in [0.3, 0.4) is 0 Å². The highest BCUT2D eigenvalue weighted by Gasteiger charge is 2.45. The van der Waals surface area contributed by atoms with Gasteiger partial charge in [0.25, 0.3) is 11.8 Å². The minimum atomic E-state index is -0.999. The van der Waals surface area contributed by atoms with Gasteiger partial charge in [-0.25, -0.2) is 0 Å². The second-order valence-corrected chi connectivity index (χ2v) is 11.3. The van der Waals surface area contributed by atoms with Gasteiger partial charge in [0.15, 0.2) is 0 Å². The molecule has 210 valence electrons. The lowest BCUT2D eigenvalue weighted by Gasteiger charge is -2.32. The van der Waals surface area contributed by atoms with Gasteiger partial charge in [0.1, 0.15) is 6.04 Å². The molecule has 6 rings (SSSR count). The number of nitrogens with one attached hydrogen (secondary N) is 2. The van der Waals surface area contributed by atoms with Crippen molar-refractivity contribution in [2.45, 2.75) is 76.4 Å². The topological polar surface area (TPSA) is 134 Å². The third-order valence-corrected chi connectivity index (χ3v) is 8.74. The Hall–Kier alpha value is -4.02. The first kappa shape index (κ1) is 26.2. The predicted octanol–water partition coefficient (Wildman–Crippen LogP) is 2.64. The molecule has 5 amide bonds. The number of hydrogen-bond acceptors (Lipinski definition) is 7. The number of nitrogens with zero attached hydrogens (tertiary/aromatic N) is 4. The van der Waals surface area contributed by atoms with Gasteiger partial charge >= 0.3 is 0 Å². The minimum Gasteiger partial charge on any atom is -0.380 e. The minimum absolute atomic E-state index is 0.0781. The normalized spacial score (nSPS) is 22.1. The fraction of sp³-hybridized carbons (Fsp3) is 0.517. The number of imide groups is 2. The molecule has 0 bridgehead atoms. The highest BCUT2D eigenvalue weighted by molar-refractivity contribution is 6.25. The van der Waals surface area contributed by atoms with Crippen molar-refractivity contribution in [1.29, 1.82) is 0 Å². The molecule has 4 heterocycles. The molecule has 11 nitrogen and oxygen atoms in total. The van der Waals surface area contributed by atoms with Crippen LogP contribution in [-0.2, 0) is 20.9 Å². The molecule has 40 heavy (non-hydrogen) atoms. The van der Waals surface area contributed by atoms with Gasteiger partial charge in [-0.05, 0) is 50.2 Å². The van der Waals surface area contributed by atoms with Crippen molar-refractivity contribution in [3.8, 4) is 0 Å². The summed E-state index contributed by atoms with van der Waals surface area (Å²) in [7, 11) is 0. The molecule has 3 fully saturated rings. The summed E-state index contributed by atoms with van der Waals surface area (Å²) < 4.78 is 1.96.